The van der Waals surface area contributed by atoms with Crippen LogP contribution in [0.25, 0.3) is 22.1 Å². The fraction of sp³-hybridized carbons (Fsp3) is 0.292. The normalized spacial score (nSPS) is 11.2. The number of carbonyl (C=O) groups excluding carboxylic acids is 1. The van der Waals surface area contributed by atoms with Gasteiger partial charge in [-0.1, -0.05) is 55.4 Å². The number of ether oxygens (including phenoxy) is 1. The van der Waals surface area contributed by atoms with Crippen molar-refractivity contribution in [3.05, 3.63) is 64.4 Å². The molecule has 4 rings (SSSR count). The first-order valence-corrected chi connectivity index (χ1v) is 11.5. The number of rotatable bonds is 9. The lowest BCUT2D eigenvalue weighted by Gasteiger charge is -2.12. The number of hydrogen-bond acceptors (Lipinski definition) is 6. The summed E-state index contributed by atoms with van der Waals surface area (Å²) < 4.78 is 12.7. The van der Waals surface area contributed by atoms with E-state index in [2.05, 4.69) is 12.2 Å². The van der Waals surface area contributed by atoms with E-state index in [-0.39, 0.29) is 22.8 Å². The largest absolute Gasteiger partial charge is 0.496 e. The maximum absolute atomic E-state index is 13.2. The molecule has 2 heterocycles. The van der Waals surface area contributed by atoms with Crippen LogP contribution in [0.3, 0.4) is 0 Å². The molecular weight excluding hydrogens is 426 g/mol. The van der Waals surface area contributed by atoms with Gasteiger partial charge >= 0.3 is 0 Å². The Bertz CT molecular complexity index is 1310. The number of amides is 1. The zero-order valence-corrected chi connectivity index (χ0v) is 18.9. The quantitative estimate of drug-likeness (QED) is 0.301. The molecule has 1 amide bonds. The van der Waals surface area contributed by atoms with Crippen LogP contribution in [-0.4, -0.2) is 28.3 Å². The number of furan rings is 1. The predicted octanol–water partition coefficient (Wildman–Crippen LogP) is 4.36. The molecule has 0 fully saturated rings. The van der Waals surface area contributed by atoms with Crippen LogP contribution in [0.15, 0.2) is 62.9 Å². The SMILES string of the molecule is CCCCn1c(SCC(=O)NCc2ccccc2OC)nc2c(oc3ccccc32)c1=O. The monoisotopic (exact) mass is 451 g/mol. The second-order valence-corrected chi connectivity index (χ2v) is 8.30. The summed E-state index contributed by atoms with van der Waals surface area (Å²) in [5.41, 5.74) is 2.11. The highest BCUT2D eigenvalue weighted by Gasteiger charge is 2.18. The lowest BCUT2D eigenvalue weighted by molar-refractivity contribution is -0.118. The van der Waals surface area contributed by atoms with Crippen molar-refractivity contribution < 1.29 is 13.9 Å². The summed E-state index contributed by atoms with van der Waals surface area (Å²) in [4.78, 5) is 30.4. The molecule has 7 nitrogen and oxygen atoms in total. The van der Waals surface area contributed by atoms with Gasteiger partial charge in [0.25, 0.3) is 5.56 Å². The lowest BCUT2D eigenvalue weighted by atomic mass is 10.2. The molecule has 2 aromatic carbocycles. The molecule has 1 N–H and O–H groups in total. The van der Waals surface area contributed by atoms with E-state index in [1.165, 1.54) is 11.8 Å². The third-order valence-electron chi connectivity index (χ3n) is 5.18. The van der Waals surface area contributed by atoms with Crippen molar-refractivity contribution in [3.63, 3.8) is 0 Å². The molecule has 0 spiro atoms. The Hall–Kier alpha value is -3.26. The van der Waals surface area contributed by atoms with E-state index in [4.69, 9.17) is 14.1 Å². The molecule has 8 heteroatoms. The van der Waals surface area contributed by atoms with Crippen molar-refractivity contribution in [1.82, 2.24) is 14.9 Å². The van der Waals surface area contributed by atoms with Gasteiger partial charge in [-0.05, 0) is 24.6 Å². The number of fused-ring (bicyclic) bond motifs is 3. The fourth-order valence-electron chi connectivity index (χ4n) is 3.50. The number of benzene rings is 2. The van der Waals surface area contributed by atoms with Gasteiger partial charge in [0, 0.05) is 24.0 Å². The Balaban J connectivity index is 1.56. The molecule has 0 aliphatic rings. The van der Waals surface area contributed by atoms with Gasteiger partial charge in [-0.25, -0.2) is 4.98 Å². The molecule has 166 valence electrons. The molecule has 0 saturated carbocycles. The molecule has 0 atom stereocenters. The minimum absolute atomic E-state index is 0.144. The van der Waals surface area contributed by atoms with Crippen molar-refractivity contribution in [1.29, 1.82) is 0 Å². The van der Waals surface area contributed by atoms with E-state index in [1.54, 1.807) is 11.7 Å². The summed E-state index contributed by atoms with van der Waals surface area (Å²) in [6.07, 6.45) is 1.77. The average Bonchev–Trinajstić information content (AvgIpc) is 3.20. The van der Waals surface area contributed by atoms with Crippen LogP contribution in [0.2, 0.25) is 0 Å². The molecule has 0 saturated heterocycles. The van der Waals surface area contributed by atoms with Crippen LogP contribution in [0.1, 0.15) is 25.3 Å². The first kappa shape index (κ1) is 22.0. The smallest absolute Gasteiger partial charge is 0.297 e. The Morgan fingerprint density at radius 1 is 1.19 bits per heavy atom. The standard InChI is InChI=1S/C24H25N3O4S/c1-3-4-13-27-23(29)22-21(17-10-6-8-12-19(17)31-22)26-24(27)32-15-20(28)25-14-16-9-5-7-11-18(16)30-2/h5-12H,3-4,13-15H2,1-2H3,(H,25,28). The number of aromatic nitrogens is 2. The van der Waals surface area contributed by atoms with Crippen molar-refractivity contribution in [2.75, 3.05) is 12.9 Å². The zero-order chi connectivity index (χ0) is 22.5. The minimum Gasteiger partial charge on any atom is -0.496 e. The minimum atomic E-state index is -0.211. The van der Waals surface area contributed by atoms with Crippen molar-refractivity contribution >= 4 is 39.7 Å². The van der Waals surface area contributed by atoms with E-state index < -0.39 is 0 Å². The lowest BCUT2D eigenvalue weighted by Crippen LogP contribution is -2.26. The van der Waals surface area contributed by atoms with Gasteiger partial charge in [0.15, 0.2) is 5.16 Å². The Morgan fingerprint density at radius 2 is 1.97 bits per heavy atom. The summed E-state index contributed by atoms with van der Waals surface area (Å²) in [6.45, 7) is 2.96. The number of nitrogens with one attached hydrogen (secondary N) is 1. The molecule has 32 heavy (non-hydrogen) atoms. The first-order chi connectivity index (χ1) is 15.6. The van der Waals surface area contributed by atoms with Crippen molar-refractivity contribution in [3.8, 4) is 5.75 Å². The van der Waals surface area contributed by atoms with Crippen LogP contribution in [0.4, 0.5) is 0 Å². The number of methoxy groups -OCH3 is 1. The fourth-order valence-corrected chi connectivity index (χ4v) is 4.35. The Labute approximate surface area is 189 Å². The number of para-hydroxylation sites is 2. The van der Waals surface area contributed by atoms with Gasteiger partial charge in [0.2, 0.25) is 11.5 Å². The summed E-state index contributed by atoms with van der Waals surface area (Å²) in [5.74, 6) is 0.733. The topological polar surface area (TPSA) is 86.4 Å². The number of unbranched alkanes of at least 4 members (excludes halogenated alkanes) is 1. The maximum Gasteiger partial charge on any atom is 0.297 e. The average molecular weight is 452 g/mol. The second-order valence-electron chi connectivity index (χ2n) is 7.36. The van der Waals surface area contributed by atoms with Gasteiger partial charge in [-0.15, -0.1) is 0 Å². The molecule has 0 aliphatic heterocycles. The summed E-state index contributed by atoms with van der Waals surface area (Å²) >= 11 is 1.26. The van der Waals surface area contributed by atoms with E-state index in [0.29, 0.717) is 29.3 Å². The third-order valence-corrected chi connectivity index (χ3v) is 6.16. The van der Waals surface area contributed by atoms with E-state index in [1.807, 2.05) is 48.5 Å². The van der Waals surface area contributed by atoms with Crippen LogP contribution in [-0.2, 0) is 17.9 Å². The van der Waals surface area contributed by atoms with E-state index in [0.717, 1.165) is 29.5 Å². The molecule has 0 bridgehead atoms. The molecule has 2 aromatic heterocycles. The number of hydrogen-bond donors (Lipinski definition) is 1. The van der Waals surface area contributed by atoms with Crippen molar-refractivity contribution in [2.24, 2.45) is 0 Å². The molecule has 0 unspecified atom stereocenters. The van der Waals surface area contributed by atoms with Crippen LogP contribution in [0, 0.1) is 0 Å². The molecule has 4 aromatic rings. The summed E-state index contributed by atoms with van der Waals surface area (Å²) in [7, 11) is 1.60. The highest BCUT2D eigenvalue weighted by molar-refractivity contribution is 7.99. The molecule has 0 aliphatic carbocycles. The van der Waals surface area contributed by atoms with Gasteiger partial charge in [-0.3, -0.25) is 14.2 Å². The number of thioether (sulfide) groups is 1. The second kappa shape index (κ2) is 9.91. The first-order valence-electron chi connectivity index (χ1n) is 10.6. The third kappa shape index (κ3) is 4.50. The predicted molar refractivity (Wildman–Crippen MR) is 126 cm³/mol. The van der Waals surface area contributed by atoms with Gasteiger partial charge < -0.3 is 14.5 Å². The van der Waals surface area contributed by atoms with Gasteiger partial charge in [-0.2, -0.15) is 0 Å². The number of nitrogens with zero attached hydrogens (tertiary/aromatic N) is 2. The van der Waals surface area contributed by atoms with Crippen LogP contribution >= 0.6 is 11.8 Å². The van der Waals surface area contributed by atoms with Crippen molar-refractivity contribution in [2.45, 2.75) is 38.0 Å². The van der Waals surface area contributed by atoms with E-state index >= 15 is 0 Å². The van der Waals surface area contributed by atoms with Gasteiger partial charge in [0.1, 0.15) is 16.8 Å². The Morgan fingerprint density at radius 3 is 2.78 bits per heavy atom. The zero-order valence-electron chi connectivity index (χ0n) is 18.1. The van der Waals surface area contributed by atoms with Crippen LogP contribution in [0.5, 0.6) is 5.75 Å². The van der Waals surface area contributed by atoms with E-state index in [9.17, 15) is 9.59 Å². The van der Waals surface area contributed by atoms with Gasteiger partial charge in [0.05, 0.1) is 12.9 Å². The summed E-state index contributed by atoms with van der Waals surface area (Å²) in [6, 6.07) is 15.0. The Kier molecular flexibility index (Phi) is 6.80. The molecule has 0 radical (unpaired) electrons. The summed E-state index contributed by atoms with van der Waals surface area (Å²) in [5, 5.41) is 4.23. The highest BCUT2D eigenvalue weighted by atomic mass is 32.2. The van der Waals surface area contributed by atoms with Crippen LogP contribution < -0.4 is 15.6 Å². The molecular formula is C24H25N3O4S. The highest BCUT2D eigenvalue weighted by Crippen LogP contribution is 2.27. The maximum atomic E-state index is 13.2. The number of carbonyl (C=O) groups is 1.